The third kappa shape index (κ3) is 4.82. The Labute approximate surface area is 126 Å². The molecule has 0 aliphatic carbocycles. The molecular formula is C15H24N6. The second kappa shape index (κ2) is 7.17. The number of aromatic nitrogens is 4. The Balaban J connectivity index is 1.88. The number of rotatable bonds is 7. The molecule has 0 unspecified atom stereocenters. The molecule has 0 aromatic carbocycles. The smallest absolute Gasteiger partial charge is 0.151 e. The van der Waals surface area contributed by atoms with Crippen molar-refractivity contribution in [2.75, 3.05) is 18.5 Å². The first-order valence-corrected chi connectivity index (χ1v) is 7.26. The largest absolute Gasteiger partial charge is 0.354 e. The molecule has 0 aliphatic heterocycles. The maximum atomic E-state index is 4.29. The molecule has 0 saturated carbocycles. The van der Waals surface area contributed by atoms with E-state index in [0.29, 0.717) is 5.92 Å². The van der Waals surface area contributed by atoms with Gasteiger partial charge in [0, 0.05) is 38.9 Å². The Morgan fingerprint density at radius 3 is 2.67 bits per heavy atom. The highest BCUT2D eigenvalue weighted by atomic mass is 15.3. The molecule has 2 aromatic heterocycles. The number of hydrogen-bond acceptors (Lipinski definition) is 5. The van der Waals surface area contributed by atoms with Gasteiger partial charge in [-0.2, -0.15) is 10.2 Å². The first-order valence-electron chi connectivity index (χ1n) is 7.26. The molecule has 0 spiro atoms. The van der Waals surface area contributed by atoms with E-state index in [1.807, 2.05) is 38.6 Å². The predicted octanol–water partition coefficient (Wildman–Crippen LogP) is 1.59. The fourth-order valence-corrected chi connectivity index (χ4v) is 2.05. The quantitative estimate of drug-likeness (QED) is 0.838. The summed E-state index contributed by atoms with van der Waals surface area (Å²) < 4.78 is 1.80. The van der Waals surface area contributed by atoms with Crippen LogP contribution >= 0.6 is 0 Å². The van der Waals surface area contributed by atoms with E-state index in [4.69, 9.17) is 0 Å². The van der Waals surface area contributed by atoms with E-state index in [9.17, 15) is 0 Å². The SMILES string of the molecule is CC(C)CNCc1ccc(N(C)Cc2cnn(C)c2)nn1. The normalized spacial score (nSPS) is 11.1. The molecule has 0 amide bonds. The summed E-state index contributed by atoms with van der Waals surface area (Å²) in [5, 5.41) is 16.1. The van der Waals surface area contributed by atoms with Gasteiger partial charge in [-0.25, -0.2) is 0 Å². The van der Waals surface area contributed by atoms with Crippen molar-refractivity contribution in [1.82, 2.24) is 25.3 Å². The molecule has 2 heterocycles. The third-order valence-corrected chi connectivity index (χ3v) is 3.13. The van der Waals surface area contributed by atoms with Crippen LogP contribution in [0.3, 0.4) is 0 Å². The van der Waals surface area contributed by atoms with Crippen LogP contribution in [-0.4, -0.2) is 33.6 Å². The molecule has 6 heteroatoms. The first-order chi connectivity index (χ1) is 10.0. The Morgan fingerprint density at radius 1 is 1.29 bits per heavy atom. The van der Waals surface area contributed by atoms with Gasteiger partial charge >= 0.3 is 0 Å². The van der Waals surface area contributed by atoms with E-state index in [2.05, 4.69) is 39.4 Å². The molecule has 0 bridgehead atoms. The van der Waals surface area contributed by atoms with Crippen molar-refractivity contribution in [3.63, 3.8) is 0 Å². The fourth-order valence-electron chi connectivity index (χ4n) is 2.05. The molecule has 1 N–H and O–H groups in total. The van der Waals surface area contributed by atoms with E-state index in [1.165, 1.54) is 0 Å². The molecule has 21 heavy (non-hydrogen) atoms. The Kier molecular flexibility index (Phi) is 5.27. The van der Waals surface area contributed by atoms with Crippen molar-refractivity contribution in [2.24, 2.45) is 13.0 Å². The number of aryl methyl sites for hydroxylation is 1. The van der Waals surface area contributed by atoms with Gasteiger partial charge in [-0.3, -0.25) is 4.68 Å². The van der Waals surface area contributed by atoms with Crippen LogP contribution in [0.4, 0.5) is 5.82 Å². The summed E-state index contributed by atoms with van der Waals surface area (Å²) in [4.78, 5) is 2.06. The van der Waals surface area contributed by atoms with Crippen LogP contribution in [0.2, 0.25) is 0 Å². The molecule has 0 aliphatic rings. The number of anilines is 1. The van der Waals surface area contributed by atoms with Crippen LogP contribution in [0.1, 0.15) is 25.1 Å². The summed E-state index contributed by atoms with van der Waals surface area (Å²) in [6.07, 6.45) is 3.88. The molecule has 114 valence electrons. The lowest BCUT2D eigenvalue weighted by Crippen LogP contribution is -2.21. The lowest BCUT2D eigenvalue weighted by molar-refractivity contribution is 0.546. The van der Waals surface area contributed by atoms with Gasteiger partial charge in [-0.05, 0) is 24.6 Å². The molecule has 0 radical (unpaired) electrons. The van der Waals surface area contributed by atoms with Gasteiger partial charge in [0.25, 0.3) is 0 Å². The van der Waals surface area contributed by atoms with Crippen molar-refractivity contribution in [3.05, 3.63) is 35.8 Å². The number of hydrogen-bond donors (Lipinski definition) is 1. The predicted molar refractivity (Wildman–Crippen MR) is 83.9 cm³/mol. The van der Waals surface area contributed by atoms with Gasteiger partial charge in [-0.15, -0.1) is 5.10 Å². The van der Waals surface area contributed by atoms with Crippen molar-refractivity contribution < 1.29 is 0 Å². The Morgan fingerprint density at radius 2 is 2.10 bits per heavy atom. The summed E-state index contributed by atoms with van der Waals surface area (Å²) in [6.45, 7) is 6.90. The molecule has 0 atom stereocenters. The van der Waals surface area contributed by atoms with Crippen molar-refractivity contribution in [3.8, 4) is 0 Å². The third-order valence-electron chi connectivity index (χ3n) is 3.13. The Hall–Kier alpha value is -1.95. The standard InChI is InChI=1S/C15H24N6/c1-12(2)7-16-9-14-5-6-15(19-18-14)20(3)10-13-8-17-21(4)11-13/h5-6,8,11-12,16H,7,9-10H2,1-4H3. The van der Waals surface area contributed by atoms with E-state index < -0.39 is 0 Å². The minimum atomic E-state index is 0.642. The van der Waals surface area contributed by atoms with Crippen molar-refractivity contribution in [2.45, 2.75) is 26.9 Å². The minimum Gasteiger partial charge on any atom is -0.354 e. The summed E-state index contributed by atoms with van der Waals surface area (Å²) in [6, 6.07) is 4.03. The summed E-state index contributed by atoms with van der Waals surface area (Å²) in [7, 11) is 3.93. The molecule has 0 fully saturated rings. The number of nitrogens with one attached hydrogen (secondary N) is 1. The first kappa shape index (κ1) is 15.4. The van der Waals surface area contributed by atoms with Crippen LogP contribution < -0.4 is 10.2 Å². The average Bonchev–Trinajstić information content (AvgIpc) is 2.84. The average molecular weight is 288 g/mol. The zero-order valence-corrected chi connectivity index (χ0v) is 13.2. The van der Waals surface area contributed by atoms with Crippen LogP contribution in [0.5, 0.6) is 0 Å². The molecule has 6 nitrogen and oxygen atoms in total. The van der Waals surface area contributed by atoms with Crippen LogP contribution in [0, 0.1) is 5.92 Å². The molecular weight excluding hydrogens is 264 g/mol. The maximum absolute atomic E-state index is 4.29. The second-order valence-corrected chi connectivity index (χ2v) is 5.79. The summed E-state index contributed by atoms with van der Waals surface area (Å²) >= 11 is 0. The maximum Gasteiger partial charge on any atom is 0.151 e. The molecule has 2 rings (SSSR count). The van der Waals surface area contributed by atoms with E-state index in [-0.39, 0.29) is 0 Å². The Bertz CT molecular complexity index is 546. The van der Waals surface area contributed by atoms with Gasteiger partial charge in [-0.1, -0.05) is 13.8 Å². The lowest BCUT2D eigenvalue weighted by atomic mass is 10.2. The van der Waals surface area contributed by atoms with Crippen LogP contribution in [0.15, 0.2) is 24.5 Å². The fraction of sp³-hybridized carbons (Fsp3) is 0.533. The van der Waals surface area contributed by atoms with Gasteiger partial charge in [0.05, 0.1) is 11.9 Å². The second-order valence-electron chi connectivity index (χ2n) is 5.79. The highest BCUT2D eigenvalue weighted by Crippen LogP contribution is 2.11. The van der Waals surface area contributed by atoms with Gasteiger partial charge in [0.2, 0.25) is 0 Å². The number of nitrogens with zero attached hydrogens (tertiary/aromatic N) is 5. The molecule has 0 saturated heterocycles. The van der Waals surface area contributed by atoms with E-state index >= 15 is 0 Å². The highest BCUT2D eigenvalue weighted by molar-refractivity contribution is 5.37. The van der Waals surface area contributed by atoms with Crippen molar-refractivity contribution in [1.29, 1.82) is 0 Å². The van der Waals surface area contributed by atoms with Gasteiger partial charge in [0.1, 0.15) is 0 Å². The zero-order valence-electron chi connectivity index (χ0n) is 13.2. The summed E-state index contributed by atoms with van der Waals surface area (Å²) in [5.41, 5.74) is 2.12. The van der Waals surface area contributed by atoms with Gasteiger partial charge in [0.15, 0.2) is 5.82 Å². The summed E-state index contributed by atoms with van der Waals surface area (Å²) in [5.74, 6) is 1.51. The highest BCUT2D eigenvalue weighted by Gasteiger charge is 2.06. The van der Waals surface area contributed by atoms with E-state index in [1.54, 1.807) is 4.68 Å². The minimum absolute atomic E-state index is 0.642. The van der Waals surface area contributed by atoms with Crippen molar-refractivity contribution >= 4 is 5.82 Å². The monoisotopic (exact) mass is 288 g/mol. The van der Waals surface area contributed by atoms with Crippen LogP contribution in [0.25, 0.3) is 0 Å². The zero-order chi connectivity index (χ0) is 15.2. The van der Waals surface area contributed by atoms with E-state index in [0.717, 1.165) is 36.7 Å². The van der Waals surface area contributed by atoms with Gasteiger partial charge < -0.3 is 10.2 Å². The topological polar surface area (TPSA) is 58.9 Å². The molecule has 2 aromatic rings. The lowest BCUT2D eigenvalue weighted by Gasteiger charge is -2.16. The van der Waals surface area contributed by atoms with Crippen LogP contribution in [-0.2, 0) is 20.1 Å².